The molecule has 0 radical (unpaired) electrons. The summed E-state index contributed by atoms with van der Waals surface area (Å²) >= 11 is 5.06. The molecule has 0 bridgehead atoms. The first-order chi connectivity index (χ1) is 17.0. The SMILES string of the molecule is Cc1c(N=c2scc(-c3cccc(Br)c3)n2N=CC2CC=CCC2)c(=O)n(-c2ccccc2)n1C. The van der Waals surface area contributed by atoms with Crippen molar-refractivity contribution in [1.29, 1.82) is 0 Å². The lowest BCUT2D eigenvalue weighted by Gasteiger charge is -2.12. The lowest BCUT2D eigenvalue weighted by molar-refractivity contribution is 0.622. The number of benzene rings is 2. The maximum atomic E-state index is 13.4. The van der Waals surface area contributed by atoms with Gasteiger partial charge in [-0.3, -0.25) is 9.48 Å². The third-order valence-corrected chi connectivity index (χ3v) is 7.55. The van der Waals surface area contributed by atoms with Gasteiger partial charge < -0.3 is 0 Å². The molecule has 1 aliphatic rings. The molecule has 178 valence electrons. The lowest BCUT2D eigenvalue weighted by atomic mass is 9.96. The molecular weight excluding hydrogens is 522 g/mol. The second kappa shape index (κ2) is 10.2. The van der Waals surface area contributed by atoms with Crippen molar-refractivity contribution in [3.8, 4) is 16.9 Å². The normalized spacial score (nSPS) is 16.4. The first-order valence-electron chi connectivity index (χ1n) is 11.6. The van der Waals surface area contributed by atoms with Crippen LogP contribution in [0.25, 0.3) is 16.9 Å². The van der Waals surface area contributed by atoms with E-state index in [1.54, 1.807) is 4.68 Å². The Kier molecular flexibility index (Phi) is 6.83. The van der Waals surface area contributed by atoms with Crippen LogP contribution in [-0.2, 0) is 7.05 Å². The molecule has 2 aromatic heterocycles. The van der Waals surface area contributed by atoms with E-state index in [-0.39, 0.29) is 5.56 Å². The molecule has 4 aromatic rings. The number of halogens is 1. The summed E-state index contributed by atoms with van der Waals surface area (Å²) in [5.41, 5.74) is 3.84. The van der Waals surface area contributed by atoms with E-state index in [0.29, 0.717) is 16.4 Å². The summed E-state index contributed by atoms with van der Waals surface area (Å²) in [7, 11) is 1.88. The Morgan fingerprint density at radius 3 is 2.69 bits per heavy atom. The Bertz CT molecular complexity index is 1540. The third kappa shape index (κ3) is 4.81. The van der Waals surface area contributed by atoms with E-state index in [1.165, 1.54) is 11.3 Å². The van der Waals surface area contributed by atoms with Crippen LogP contribution in [0.3, 0.4) is 0 Å². The van der Waals surface area contributed by atoms with E-state index in [4.69, 9.17) is 10.1 Å². The van der Waals surface area contributed by atoms with Gasteiger partial charge in [-0.15, -0.1) is 11.3 Å². The lowest BCUT2D eigenvalue weighted by Crippen LogP contribution is -2.20. The number of hydrogen-bond acceptors (Lipinski definition) is 4. The van der Waals surface area contributed by atoms with Crippen molar-refractivity contribution in [2.75, 3.05) is 0 Å². The molecule has 35 heavy (non-hydrogen) atoms. The van der Waals surface area contributed by atoms with Crippen LogP contribution in [0.5, 0.6) is 0 Å². The molecule has 6 nitrogen and oxygen atoms in total. The average molecular weight is 549 g/mol. The van der Waals surface area contributed by atoms with Crippen LogP contribution < -0.4 is 10.4 Å². The van der Waals surface area contributed by atoms with Crippen LogP contribution in [0, 0.1) is 12.8 Å². The monoisotopic (exact) mass is 547 g/mol. The summed E-state index contributed by atoms with van der Waals surface area (Å²) in [4.78, 5) is 19.0. The first kappa shape index (κ1) is 23.5. The summed E-state index contributed by atoms with van der Waals surface area (Å²) in [5.74, 6) is 0.393. The van der Waals surface area contributed by atoms with Gasteiger partial charge in [0.15, 0.2) is 5.69 Å². The van der Waals surface area contributed by atoms with Crippen molar-refractivity contribution in [1.82, 2.24) is 14.0 Å². The van der Waals surface area contributed by atoms with Crippen molar-refractivity contribution in [2.24, 2.45) is 23.1 Å². The van der Waals surface area contributed by atoms with Gasteiger partial charge in [0.25, 0.3) is 5.56 Å². The van der Waals surface area contributed by atoms with Crippen LogP contribution >= 0.6 is 27.3 Å². The summed E-state index contributed by atoms with van der Waals surface area (Å²) < 4.78 is 6.36. The summed E-state index contributed by atoms with van der Waals surface area (Å²) in [6.45, 7) is 1.92. The Morgan fingerprint density at radius 1 is 1.11 bits per heavy atom. The Labute approximate surface area is 216 Å². The van der Waals surface area contributed by atoms with E-state index in [2.05, 4.69) is 40.2 Å². The fraction of sp³-hybridized carbons (Fsp3) is 0.222. The van der Waals surface area contributed by atoms with E-state index in [9.17, 15) is 4.79 Å². The highest BCUT2D eigenvalue weighted by Gasteiger charge is 2.17. The maximum Gasteiger partial charge on any atom is 0.297 e. The summed E-state index contributed by atoms with van der Waals surface area (Å²) in [6.07, 6.45) is 9.62. The van der Waals surface area contributed by atoms with Crippen LogP contribution in [-0.4, -0.2) is 20.3 Å². The highest BCUT2D eigenvalue weighted by molar-refractivity contribution is 9.10. The maximum absolute atomic E-state index is 13.4. The van der Waals surface area contributed by atoms with Gasteiger partial charge in [-0.05, 0) is 56.4 Å². The molecule has 1 aliphatic carbocycles. The van der Waals surface area contributed by atoms with Crippen molar-refractivity contribution >= 4 is 39.2 Å². The van der Waals surface area contributed by atoms with Crippen LogP contribution in [0.1, 0.15) is 25.0 Å². The number of thiazole rings is 1. The molecule has 0 saturated carbocycles. The minimum Gasteiger partial charge on any atom is -0.283 e. The smallest absolute Gasteiger partial charge is 0.283 e. The van der Waals surface area contributed by atoms with Crippen molar-refractivity contribution in [3.05, 3.63) is 97.5 Å². The van der Waals surface area contributed by atoms with Crippen LogP contribution in [0.15, 0.2) is 91.5 Å². The van der Waals surface area contributed by atoms with Gasteiger partial charge in [0.05, 0.1) is 17.1 Å². The Morgan fingerprint density at radius 2 is 1.94 bits per heavy atom. The minimum atomic E-state index is -0.151. The zero-order valence-corrected chi connectivity index (χ0v) is 22.0. The highest BCUT2D eigenvalue weighted by atomic mass is 79.9. The van der Waals surface area contributed by atoms with Crippen molar-refractivity contribution in [3.63, 3.8) is 0 Å². The molecule has 0 aliphatic heterocycles. The standard InChI is InChI=1S/C27H26BrN5OS/c1-19-25(26(34)33(31(19)2)23-14-7-4-8-15-23)30-27-32(29-17-20-10-5-3-6-11-20)24(18-35-27)21-12-9-13-22(28)16-21/h3-5,7-9,12-18,20H,6,10-11H2,1-2H3. The molecule has 5 rings (SSSR count). The predicted molar refractivity (Wildman–Crippen MR) is 147 cm³/mol. The number of hydrogen-bond donors (Lipinski definition) is 0. The largest absolute Gasteiger partial charge is 0.297 e. The second-order valence-electron chi connectivity index (χ2n) is 8.56. The molecule has 8 heteroatoms. The van der Waals surface area contributed by atoms with Gasteiger partial charge >= 0.3 is 0 Å². The van der Waals surface area contributed by atoms with Gasteiger partial charge in [-0.25, -0.2) is 14.4 Å². The van der Waals surface area contributed by atoms with Gasteiger partial charge in [-0.1, -0.05) is 58.4 Å². The Hall–Kier alpha value is -3.23. The number of rotatable bonds is 5. The first-order valence-corrected chi connectivity index (χ1v) is 13.2. The number of nitrogens with zero attached hydrogens (tertiary/aromatic N) is 5. The van der Waals surface area contributed by atoms with E-state index in [0.717, 1.165) is 46.4 Å². The molecule has 0 spiro atoms. The molecule has 2 aromatic carbocycles. The predicted octanol–water partition coefficient (Wildman–Crippen LogP) is 6.20. The average Bonchev–Trinajstić information content (AvgIpc) is 3.37. The van der Waals surface area contributed by atoms with Crippen LogP contribution in [0.2, 0.25) is 0 Å². The highest BCUT2D eigenvalue weighted by Crippen LogP contribution is 2.25. The van der Waals surface area contributed by atoms with E-state index < -0.39 is 0 Å². The quantitative estimate of drug-likeness (QED) is 0.217. The fourth-order valence-electron chi connectivity index (χ4n) is 4.23. The van der Waals surface area contributed by atoms with E-state index in [1.807, 2.05) is 77.4 Å². The zero-order chi connectivity index (χ0) is 24.4. The molecule has 1 unspecified atom stereocenters. The topological polar surface area (TPSA) is 56.6 Å². The van der Waals surface area contributed by atoms with E-state index >= 15 is 0 Å². The van der Waals surface area contributed by atoms with Crippen LogP contribution in [0.4, 0.5) is 5.69 Å². The Balaban J connectivity index is 1.66. The number of para-hydroxylation sites is 1. The van der Waals surface area contributed by atoms with Crippen molar-refractivity contribution < 1.29 is 0 Å². The fourth-order valence-corrected chi connectivity index (χ4v) is 5.47. The van der Waals surface area contributed by atoms with Gasteiger partial charge in [0, 0.05) is 28.7 Å². The number of aromatic nitrogens is 3. The molecule has 0 amide bonds. The van der Waals surface area contributed by atoms with Gasteiger partial charge in [0.1, 0.15) is 0 Å². The summed E-state index contributed by atoms with van der Waals surface area (Å²) in [6, 6.07) is 17.8. The zero-order valence-electron chi connectivity index (χ0n) is 19.6. The second-order valence-corrected chi connectivity index (χ2v) is 10.3. The van der Waals surface area contributed by atoms with Crippen molar-refractivity contribution in [2.45, 2.75) is 26.2 Å². The minimum absolute atomic E-state index is 0.151. The van der Waals surface area contributed by atoms with Gasteiger partial charge in [0.2, 0.25) is 4.80 Å². The molecule has 1 atom stereocenters. The molecule has 0 fully saturated rings. The summed E-state index contributed by atoms with van der Waals surface area (Å²) in [5, 5.41) is 6.93. The van der Waals surface area contributed by atoms with Gasteiger partial charge in [-0.2, -0.15) is 5.10 Å². The molecular formula is C27H26BrN5OS. The molecule has 0 saturated heterocycles. The molecule has 0 N–H and O–H groups in total. The number of allylic oxidation sites excluding steroid dienone is 2. The third-order valence-electron chi connectivity index (χ3n) is 6.24. The molecule has 2 heterocycles.